The third-order valence-electron chi connectivity index (χ3n) is 6.77. The summed E-state index contributed by atoms with van der Waals surface area (Å²) in [6.45, 7) is 6.96. The molecule has 0 atom stereocenters. The van der Waals surface area contributed by atoms with Gasteiger partial charge in [0.2, 0.25) is 0 Å². The Balaban J connectivity index is 0. The lowest BCUT2D eigenvalue weighted by Crippen LogP contribution is -2.42. The maximum absolute atomic E-state index is 10.3. The predicted molar refractivity (Wildman–Crippen MR) is 159 cm³/mol. The molecule has 0 aromatic rings. The minimum absolute atomic E-state index is 0.366. The lowest BCUT2D eigenvalue weighted by atomic mass is 9.96. The average molecular weight is 563 g/mol. The van der Waals surface area contributed by atoms with Crippen molar-refractivity contribution in [2.45, 2.75) is 155 Å². The fourth-order valence-electron chi connectivity index (χ4n) is 4.40. The molecule has 0 aliphatic rings. The molecular weight excluding hydrogens is 503 g/mol. The summed E-state index contributed by atoms with van der Waals surface area (Å²) in [5, 5.41) is 33.8. The molecule has 0 saturated heterocycles. The Morgan fingerprint density at radius 3 is 1.00 bits per heavy atom. The largest absolute Gasteiger partial charge is 0.481 e. The van der Waals surface area contributed by atoms with E-state index >= 15 is 0 Å². The van der Waals surface area contributed by atoms with Crippen LogP contribution >= 0.6 is 7.92 Å². The SMILES string of the molecule is CCCCCCCCP(CCCCCCCC)CCCCCCCC.O=C(O)CC(O)(CC(=O)O)C(=O)O. The van der Waals surface area contributed by atoms with E-state index in [1.54, 1.807) is 18.5 Å². The first kappa shape index (κ1) is 38.9. The van der Waals surface area contributed by atoms with Crippen LogP contribution in [-0.4, -0.2) is 62.4 Å². The second-order valence-corrected chi connectivity index (χ2v) is 13.3. The van der Waals surface area contributed by atoms with Crippen LogP contribution in [0.5, 0.6) is 0 Å². The highest BCUT2D eigenvalue weighted by molar-refractivity contribution is 7.57. The Morgan fingerprint density at radius 2 is 0.763 bits per heavy atom. The van der Waals surface area contributed by atoms with E-state index in [1.807, 2.05) is 0 Å². The molecule has 226 valence electrons. The minimum Gasteiger partial charge on any atom is -0.481 e. The molecule has 0 aromatic heterocycles. The van der Waals surface area contributed by atoms with Crippen molar-refractivity contribution < 1.29 is 34.8 Å². The summed E-state index contributed by atoms with van der Waals surface area (Å²) in [5.41, 5.74) is -2.74. The first-order valence-electron chi connectivity index (χ1n) is 15.2. The highest BCUT2D eigenvalue weighted by Crippen LogP contribution is 2.39. The van der Waals surface area contributed by atoms with Gasteiger partial charge in [0.15, 0.2) is 5.60 Å². The molecule has 0 heterocycles. The van der Waals surface area contributed by atoms with E-state index in [4.69, 9.17) is 20.4 Å². The van der Waals surface area contributed by atoms with Crippen LogP contribution in [0.2, 0.25) is 0 Å². The zero-order valence-electron chi connectivity index (χ0n) is 24.7. The van der Waals surface area contributed by atoms with Gasteiger partial charge in [0.25, 0.3) is 0 Å². The Labute approximate surface area is 233 Å². The quantitative estimate of drug-likeness (QED) is 0.0615. The topological polar surface area (TPSA) is 132 Å². The van der Waals surface area contributed by atoms with Gasteiger partial charge in [0, 0.05) is 0 Å². The van der Waals surface area contributed by atoms with E-state index < -0.39 is 36.4 Å². The molecule has 0 saturated carbocycles. The van der Waals surface area contributed by atoms with Gasteiger partial charge in [0.05, 0.1) is 12.8 Å². The summed E-state index contributed by atoms with van der Waals surface area (Å²) in [7, 11) is 0.366. The number of carboxylic acid groups (broad SMARTS) is 3. The average Bonchev–Trinajstić information content (AvgIpc) is 2.84. The van der Waals surface area contributed by atoms with Gasteiger partial charge in [-0.2, -0.15) is 0 Å². The van der Waals surface area contributed by atoms with Crippen LogP contribution in [0.3, 0.4) is 0 Å². The molecule has 0 aliphatic carbocycles. The van der Waals surface area contributed by atoms with Crippen molar-refractivity contribution in [3.8, 4) is 0 Å². The number of carboxylic acids is 3. The van der Waals surface area contributed by atoms with E-state index in [0.29, 0.717) is 7.92 Å². The number of aliphatic hydroxyl groups is 1. The number of unbranched alkanes of at least 4 members (excludes halogenated alkanes) is 15. The van der Waals surface area contributed by atoms with Crippen molar-refractivity contribution in [2.75, 3.05) is 18.5 Å². The zero-order valence-corrected chi connectivity index (χ0v) is 25.6. The number of rotatable bonds is 26. The van der Waals surface area contributed by atoms with Crippen molar-refractivity contribution in [3.63, 3.8) is 0 Å². The fraction of sp³-hybridized carbons (Fsp3) is 0.900. The van der Waals surface area contributed by atoms with Gasteiger partial charge in [-0.1, -0.05) is 117 Å². The molecule has 8 heteroatoms. The second-order valence-electron chi connectivity index (χ2n) is 10.6. The first-order valence-corrected chi connectivity index (χ1v) is 17.1. The lowest BCUT2D eigenvalue weighted by molar-refractivity contribution is -0.170. The summed E-state index contributed by atoms with van der Waals surface area (Å²) >= 11 is 0. The van der Waals surface area contributed by atoms with E-state index in [9.17, 15) is 14.4 Å². The number of hydrogen-bond donors (Lipinski definition) is 4. The lowest BCUT2D eigenvalue weighted by Gasteiger charge is -2.18. The maximum atomic E-state index is 10.3. The normalized spacial score (nSPS) is 11.3. The summed E-state index contributed by atoms with van der Waals surface area (Å²) in [6.07, 6.45) is 29.0. The molecule has 0 bridgehead atoms. The Morgan fingerprint density at radius 1 is 0.500 bits per heavy atom. The summed E-state index contributed by atoms with van der Waals surface area (Å²) in [6, 6.07) is 0. The molecule has 0 unspecified atom stereocenters. The molecule has 4 N–H and O–H groups in total. The van der Waals surface area contributed by atoms with Crippen molar-refractivity contribution in [1.29, 1.82) is 0 Å². The highest BCUT2D eigenvalue weighted by Gasteiger charge is 2.40. The van der Waals surface area contributed by atoms with Gasteiger partial charge >= 0.3 is 17.9 Å². The number of aliphatic carboxylic acids is 3. The third-order valence-corrected chi connectivity index (χ3v) is 9.62. The molecule has 0 aliphatic heterocycles. The maximum Gasteiger partial charge on any atom is 0.336 e. The number of hydrogen-bond acceptors (Lipinski definition) is 4. The van der Waals surface area contributed by atoms with Gasteiger partial charge in [0.1, 0.15) is 0 Å². The van der Waals surface area contributed by atoms with Crippen molar-refractivity contribution in [2.24, 2.45) is 0 Å². The first-order chi connectivity index (χ1) is 18.1. The summed E-state index contributed by atoms with van der Waals surface area (Å²) in [5.74, 6) is -5.02. The van der Waals surface area contributed by atoms with Gasteiger partial charge in [-0.25, -0.2) is 4.79 Å². The van der Waals surface area contributed by atoms with Crippen LogP contribution in [0.1, 0.15) is 149 Å². The van der Waals surface area contributed by atoms with Crippen LogP contribution < -0.4 is 0 Å². The molecule has 0 radical (unpaired) electrons. The van der Waals surface area contributed by atoms with E-state index in [0.717, 1.165) is 0 Å². The zero-order chi connectivity index (χ0) is 29.1. The van der Waals surface area contributed by atoms with Crippen LogP contribution in [-0.2, 0) is 14.4 Å². The Hall–Kier alpha value is -1.20. The van der Waals surface area contributed by atoms with Gasteiger partial charge in [-0.05, 0) is 37.7 Å². The van der Waals surface area contributed by atoms with Gasteiger partial charge in [-0.3, -0.25) is 9.59 Å². The molecule has 0 fully saturated rings. The molecule has 7 nitrogen and oxygen atoms in total. The van der Waals surface area contributed by atoms with Crippen LogP contribution in [0.4, 0.5) is 0 Å². The van der Waals surface area contributed by atoms with E-state index in [2.05, 4.69) is 20.8 Å². The van der Waals surface area contributed by atoms with E-state index in [1.165, 1.54) is 116 Å². The minimum atomic E-state index is -2.74. The summed E-state index contributed by atoms with van der Waals surface area (Å²) < 4.78 is 0. The molecule has 38 heavy (non-hydrogen) atoms. The molecule has 0 aromatic carbocycles. The molecule has 0 amide bonds. The van der Waals surface area contributed by atoms with Gasteiger partial charge in [-0.15, -0.1) is 7.92 Å². The molecule has 0 spiro atoms. The smallest absolute Gasteiger partial charge is 0.336 e. The Bertz CT molecular complexity index is 529. The van der Waals surface area contributed by atoms with Crippen molar-refractivity contribution >= 4 is 25.8 Å². The Kier molecular flexibility index (Phi) is 28.1. The second kappa shape index (κ2) is 27.4. The number of carbonyl (C=O) groups is 3. The molecular formula is C30H59O7P. The molecule has 0 rings (SSSR count). The fourth-order valence-corrected chi connectivity index (χ4v) is 7.08. The predicted octanol–water partition coefficient (Wildman–Crippen LogP) is 8.30. The van der Waals surface area contributed by atoms with Crippen LogP contribution in [0.15, 0.2) is 0 Å². The van der Waals surface area contributed by atoms with Crippen molar-refractivity contribution in [1.82, 2.24) is 0 Å². The monoisotopic (exact) mass is 562 g/mol. The summed E-state index contributed by atoms with van der Waals surface area (Å²) in [4.78, 5) is 30.5. The highest BCUT2D eigenvalue weighted by atomic mass is 31.1. The van der Waals surface area contributed by atoms with Crippen LogP contribution in [0.25, 0.3) is 0 Å². The van der Waals surface area contributed by atoms with Gasteiger partial charge < -0.3 is 20.4 Å². The van der Waals surface area contributed by atoms with E-state index in [-0.39, 0.29) is 0 Å². The third kappa shape index (κ3) is 26.4. The van der Waals surface area contributed by atoms with Crippen molar-refractivity contribution in [3.05, 3.63) is 0 Å². The standard InChI is InChI=1S/C24H51P.C6H8O7/c1-4-7-10-13-16-19-22-25(23-20-17-14-11-8-5-2)24-21-18-15-12-9-6-3;7-3(8)1-6(13,5(11)12)2-4(9)10/h4-24H2,1-3H3;13H,1-2H2,(H,7,8)(H,9,10)(H,11,12). The van der Waals surface area contributed by atoms with Crippen LogP contribution in [0, 0.1) is 0 Å².